The van der Waals surface area contributed by atoms with Crippen molar-refractivity contribution in [1.29, 1.82) is 5.41 Å². The Morgan fingerprint density at radius 3 is 2.30 bits per heavy atom. The minimum atomic E-state index is -1.05. The fourth-order valence-corrected chi connectivity index (χ4v) is 8.30. The summed E-state index contributed by atoms with van der Waals surface area (Å²) in [5.74, 6) is 0.467. The monoisotopic (exact) mass is 809 g/mol. The van der Waals surface area contributed by atoms with Crippen LogP contribution in [0.15, 0.2) is 91.5 Å². The van der Waals surface area contributed by atoms with E-state index in [0.717, 1.165) is 73.9 Å². The van der Waals surface area contributed by atoms with Gasteiger partial charge in [0.1, 0.15) is 35.5 Å². The van der Waals surface area contributed by atoms with E-state index in [9.17, 15) is 19.2 Å². The molecule has 0 bridgehead atoms. The molecule has 5 heterocycles. The third kappa shape index (κ3) is 8.12. The zero-order valence-electron chi connectivity index (χ0n) is 33.3. The van der Waals surface area contributed by atoms with Crippen LogP contribution in [-0.2, 0) is 9.59 Å². The minimum Gasteiger partial charge on any atom is -0.457 e. The number of nitrogens with zero attached hydrogens (tertiary/aromatic N) is 7. The van der Waals surface area contributed by atoms with Crippen molar-refractivity contribution in [2.24, 2.45) is 0 Å². The second-order valence-corrected chi connectivity index (χ2v) is 15.2. The first-order chi connectivity index (χ1) is 29.2. The maximum Gasteiger partial charge on any atom is 0.262 e. The molecule has 1 unspecified atom stereocenters. The van der Waals surface area contributed by atoms with Gasteiger partial charge in [0.15, 0.2) is 0 Å². The second-order valence-electron chi connectivity index (χ2n) is 15.2. The Hall–Kier alpha value is -7.10. The lowest BCUT2D eigenvalue weighted by molar-refractivity contribution is -0.128. The van der Waals surface area contributed by atoms with Crippen LogP contribution in [0.25, 0.3) is 0 Å². The molecule has 2 fully saturated rings. The highest BCUT2D eigenvalue weighted by molar-refractivity contribution is 6.23. The van der Waals surface area contributed by atoms with Gasteiger partial charge in [0.2, 0.25) is 12.3 Å². The van der Waals surface area contributed by atoms with Crippen LogP contribution in [0.1, 0.15) is 83.3 Å². The Morgan fingerprint density at radius 1 is 0.900 bits per heavy atom. The van der Waals surface area contributed by atoms with E-state index in [1.807, 2.05) is 73.8 Å². The van der Waals surface area contributed by atoms with Crippen molar-refractivity contribution in [3.8, 4) is 11.5 Å². The fraction of sp³-hybridized carbons (Fsp3) is 0.318. The normalized spacial score (nSPS) is 16.4. The number of ether oxygens (including phenoxy) is 1. The molecule has 2 saturated heterocycles. The van der Waals surface area contributed by atoms with E-state index in [4.69, 9.17) is 21.0 Å². The maximum absolute atomic E-state index is 13.5. The van der Waals surface area contributed by atoms with Gasteiger partial charge in [-0.05, 0) is 86.7 Å². The lowest BCUT2D eigenvalue weighted by Crippen LogP contribution is -2.49. The Labute approximate surface area is 347 Å². The number of imide groups is 2. The minimum absolute atomic E-state index is 0.124. The number of aromatic nitrogens is 4. The molecule has 5 aromatic rings. The summed E-state index contributed by atoms with van der Waals surface area (Å²) < 4.78 is 7.98. The molecule has 2 aromatic heterocycles. The topological polar surface area (TPSA) is 205 Å². The van der Waals surface area contributed by atoms with Gasteiger partial charge in [-0.15, -0.1) is 0 Å². The first-order valence-electron chi connectivity index (χ1n) is 20.3. The molecule has 0 radical (unpaired) electrons. The Balaban J connectivity index is 0.846. The van der Waals surface area contributed by atoms with Crippen LogP contribution in [0.2, 0.25) is 0 Å². The number of para-hydroxylation sites is 1. The lowest BCUT2D eigenvalue weighted by Gasteiger charge is -2.34. The standard InChI is InChI=1S/C44H47N11O5/c1-2-6-37(42(57)49-27-56)55-43(58)35-14-11-31(23-36(35)44(55)59)52-21-17-30(18-22-52)54-25-32(24-50-54)53-19-15-29(16-20-53)51-41-38(40(46)47-26-48-41)39(45)28-9-12-34(13-10-28)60-33-7-4-3-5-8-33/h3-5,7-14,23-27,29-30,37,45H,2,6,15-22H2,1H3,(H,49,56,57)(H3,46,47,48,51). The molecule has 0 aliphatic carbocycles. The van der Waals surface area contributed by atoms with Crippen LogP contribution >= 0.6 is 0 Å². The van der Waals surface area contributed by atoms with E-state index in [0.29, 0.717) is 29.1 Å². The van der Waals surface area contributed by atoms with Gasteiger partial charge in [-0.1, -0.05) is 31.5 Å². The predicted molar refractivity (Wildman–Crippen MR) is 227 cm³/mol. The van der Waals surface area contributed by atoms with Gasteiger partial charge >= 0.3 is 0 Å². The van der Waals surface area contributed by atoms with E-state index in [1.165, 1.54) is 6.33 Å². The Bertz CT molecular complexity index is 2390. The van der Waals surface area contributed by atoms with Gasteiger partial charge in [-0.2, -0.15) is 5.10 Å². The number of hydrogen-bond donors (Lipinski definition) is 4. The average molecular weight is 810 g/mol. The van der Waals surface area contributed by atoms with E-state index in [2.05, 4.69) is 41.3 Å². The van der Waals surface area contributed by atoms with Crippen LogP contribution in [0.3, 0.4) is 0 Å². The number of anilines is 4. The summed E-state index contributed by atoms with van der Waals surface area (Å²) in [5.41, 5.74) is 10.1. The number of fused-ring (bicyclic) bond motifs is 1. The van der Waals surface area contributed by atoms with Crippen molar-refractivity contribution in [2.45, 2.75) is 63.6 Å². The molecular weight excluding hydrogens is 763 g/mol. The summed E-state index contributed by atoms with van der Waals surface area (Å²) in [6, 6.07) is 21.4. The number of hydrogen-bond acceptors (Lipinski definition) is 13. The predicted octanol–water partition coefficient (Wildman–Crippen LogP) is 5.42. The van der Waals surface area contributed by atoms with Crippen LogP contribution in [-0.4, -0.2) is 92.8 Å². The first kappa shape index (κ1) is 39.7. The van der Waals surface area contributed by atoms with E-state index >= 15 is 0 Å². The zero-order valence-corrected chi connectivity index (χ0v) is 33.3. The molecule has 0 spiro atoms. The smallest absolute Gasteiger partial charge is 0.262 e. The van der Waals surface area contributed by atoms with Gasteiger partial charge in [0, 0.05) is 49.7 Å². The molecule has 1 atom stereocenters. The molecule has 4 amide bonds. The number of amides is 4. The highest BCUT2D eigenvalue weighted by Gasteiger charge is 2.43. The van der Waals surface area contributed by atoms with Crippen molar-refractivity contribution >= 4 is 52.9 Å². The molecular formula is C44H47N11O5. The van der Waals surface area contributed by atoms with E-state index in [1.54, 1.807) is 12.1 Å². The molecule has 16 heteroatoms. The molecule has 16 nitrogen and oxygen atoms in total. The van der Waals surface area contributed by atoms with Gasteiger partial charge < -0.3 is 25.6 Å². The van der Waals surface area contributed by atoms with E-state index < -0.39 is 23.8 Å². The van der Waals surface area contributed by atoms with Crippen molar-refractivity contribution < 1.29 is 23.9 Å². The SMILES string of the molecule is CCCC(C(=O)NC=O)N1C(=O)c2ccc(N3CCC(n4cc(N5CCC(Nc6ncnc(N)c6C(=N)c6ccc(Oc7ccccc7)cc6)CC5)cn4)CC3)cc2C1=O. The lowest BCUT2D eigenvalue weighted by atomic mass is 10.0. The number of nitrogen functional groups attached to an aromatic ring is 1. The highest BCUT2D eigenvalue weighted by Crippen LogP contribution is 2.34. The summed E-state index contributed by atoms with van der Waals surface area (Å²) in [5, 5.41) is 19.5. The van der Waals surface area contributed by atoms with Crippen LogP contribution in [0, 0.1) is 5.41 Å². The molecule has 0 saturated carbocycles. The molecule has 5 N–H and O–H groups in total. The average Bonchev–Trinajstić information content (AvgIpc) is 3.86. The summed E-state index contributed by atoms with van der Waals surface area (Å²) in [4.78, 5) is 64.5. The number of benzene rings is 3. The number of nitrogens with two attached hydrogens (primary N) is 1. The molecule has 8 rings (SSSR count). The highest BCUT2D eigenvalue weighted by atomic mass is 16.5. The van der Waals surface area contributed by atoms with Gasteiger partial charge in [-0.25, -0.2) is 9.97 Å². The third-order valence-corrected chi connectivity index (χ3v) is 11.5. The number of carbonyl (C=O) groups is 4. The third-order valence-electron chi connectivity index (χ3n) is 11.5. The number of piperidine rings is 2. The molecule has 3 aliphatic heterocycles. The Kier molecular flexibility index (Phi) is 11.5. The van der Waals surface area contributed by atoms with Crippen molar-refractivity contribution in [3.63, 3.8) is 0 Å². The fourth-order valence-electron chi connectivity index (χ4n) is 8.30. The van der Waals surface area contributed by atoms with Gasteiger partial charge in [0.05, 0.1) is 40.3 Å². The van der Waals surface area contributed by atoms with Crippen LogP contribution in [0.4, 0.5) is 23.0 Å². The van der Waals surface area contributed by atoms with E-state index in [-0.39, 0.29) is 47.6 Å². The summed E-state index contributed by atoms with van der Waals surface area (Å²) in [6.07, 6.45) is 9.95. The van der Waals surface area contributed by atoms with Crippen molar-refractivity contribution in [1.82, 2.24) is 30.0 Å². The maximum atomic E-state index is 13.5. The van der Waals surface area contributed by atoms with Gasteiger partial charge in [-0.3, -0.25) is 39.5 Å². The molecule has 3 aliphatic rings. The summed E-state index contributed by atoms with van der Waals surface area (Å²) >= 11 is 0. The summed E-state index contributed by atoms with van der Waals surface area (Å²) in [6.45, 7) is 4.96. The molecule has 308 valence electrons. The Morgan fingerprint density at radius 2 is 1.58 bits per heavy atom. The number of nitrogens with one attached hydrogen (secondary N) is 3. The quantitative estimate of drug-likeness (QED) is 0.0631. The number of rotatable bonds is 14. The summed E-state index contributed by atoms with van der Waals surface area (Å²) in [7, 11) is 0. The van der Waals surface area contributed by atoms with Crippen molar-refractivity contribution in [2.75, 3.05) is 47.0 Å². The number of carbonyl (C=O) groups excluding carboxylic acids is 4. The first-order valence-corrected chi connectivity index (χ1v) is 20.3. The van der Waals surface area contributed by atoms with Crippen LogP contribution in [0.5, 0.6) is 11.5 Å². The molecule has 60 heavy (non-hydrogen) atoms. The van der Waals surface area contributed by atoms with Crippen LogP contribution < -0.4 is 30.9 Å². The second kappa shape index (κ2) is 17.4. The zero-order chi connectivity index (χ0) is 41.8. The molecule has 3 aromatic carbocycles. The largest absolute Gasteiger partial charge is 0.457 e. The van der Waals surface area contributed by atoms with Gasteiger partial charge in [0.25, 0.3) is 11.8 Å². The van der Waals surface area contributed by atoms with Crippen molar-refractivity contribution in [3.05, 3.63) is 114 Å².